The summed E-state index contributed by atoms with van der Waals surface area (Å²) in [6, 6.07) is 3.82. The molecule has 0 aliphatic carbocycles. The van der Waals surface area contributed by atoms with Crippen LogP contribution < -0.4 is 5.32 Å². The summed E-state index contributed by atoms with van der Waals surface area (Å²) in [4.78, 5) is 8.76. The second-order valence-electron chi connectivity index (χ2n) is 5.91. The highest BCUT2D eigenvalue weighted by molar-refractivity contribution is 5.57. The van der Waals surface area contributed by atoms with Crippen molar-refractivity contribution in [3.05, 3.63) is 35.8 Å². The van der Waals surface area contributed by atoms with Crippen LogP contribution in [0.1, 0.15) is 38.4 Å². The van der Waals surface area contributed by atoms with Gasteiger partial charge in [-0.25, -0.2) is 4.98 Å². The molecule has 23 heavy (non-hydrogen) atoms. The molecule has 6 nitrogen and oxygen atoms in total. The van der Waals surface area contributed by atoms with Crippen LogP contribution in [0.4, 0.5) is 5.82 Å². The molecule has 0 atom stereocenters. The molecule has 2 aromatic heterocycles. The zero-order valence-electron chi connectivity index (χ0n) is 13.6. The first-order chi connectivity index (χ1) is 11.2. The van der Waals surface area contributed by atoms with E-state index in [4.69, 9.17) is 9.26 Å². The van der Waals surface area contributed by atoms with Crippen molar-refractivity contribution in [1.29, 1.82) is 0 Å². The number of ether oxygens (including phenoxy) is 1. The van der Waals surface area contributed by atoms with Gasteiger partial charge in [0.1, 0.15) is 5.82 Å². The smallest absolute Gasteiger partial charge is 0.258 e. The third kappa shape index (κ3) is 4.16. The van der Waals surface area contributed by atoms with E-state index >= 15 is 0 Å². The molecule has 6 heteroatoms. The van der Waals surface area contributed by atoms with Gasteiger partial charge in [-0.3, -0.25) is 0 Å². The molecule has 1 N–H and O–H groups in total. The van der Waals surface area contributed by atoms with E-state index in [9.17, 15) is 0 Å². The monoisotopic (exact) mass is 314 g/mol. The molecule has 0 radical (unpaired) electrons. The lowest BCUT2D eigenvalue weighted by atomic mass is 10.1. The largest absolute Gasteiger partial charge is 0.377 e. The molecular formula is C17H22N4O2. The van der Waals surface area contributed by atoms with Gasteiger partial charge < -0.3 is 14.6 Å². The second kappa shape index (κ2) is 7.37. The zero-order chi connectivity index (χ0) is 16.1. The number of nitrogens with zero attached hydrogens (tertiary/aromatic N) is 3. The van der Waals surface area contributed by atoms with Crippen molar-refractivity contribution in [3.63, 3.8) is 0 Å². The Kier molecular flexibility index (Phi) is 5.02. The summed E-state index contributed by atoms with van der Waals surface area (Å²) in [6.07, 6.45) is 5.95. The summed E-state index contributed by atoms with van der Waals surface area (Å²) in [7, 11) is 0. The van der Waals surface area contributed by atoms with E-state index in [2.05, 4.69) is 26.5 Å². The summed E-state index contributed by atoms with van der Waals surface area (Å²) in [5, 5.41) is 7.35. The first-order valence-corrected chi connectivity index (χ1v) is 8.02. The minimum Gasteiger partial charge on any atom is -0.377 e. The van der Waals surface area contributed by atoms with Crippen LogP contribution in [-0.4, -0.2) is 34.9 Å². The Labute approximate surface area is 136 Å². The molecule has 0 saturated heterocycles. The van der Waals surface area contributed by atoms with Crippen LogP contribution in [-0.2, 0) is 4.74 Å². The van der Waals surface area contributed by atoms with E-state index in [1.807, 2.05) is 26.0 Å². The molecule has 2 aromatic rings. The Morgan fingerprint density at radius 2 is 2.26 bits per heavy atom. The molecule has 0 amide bonds. The normalized spacial score (nSPS) is 14.8. The molecule has 1 aliphatic heterocycles. The molecule has 0 unspecified atom stereocenters. The van der Waals surface area contributed by atoms with Crippen LogP contribution in [0.2, 0.25) is 0 Å². The average Bonchev–Trinajstić information content (AvgIpc) is 3.07. The summed E-state index contributed by atoms with van der Waals surface area (Å²) in [5.74, 6) is 2.32. The van der Waals surface area contributed by atoms with Crippen molar-refractivity contribution in [2.45, 2.75) is 32.6 Å². The standard InChI is InChI=1S/C17H22N4O2/c1-12(2)16-20-17(23-21-16)14-4-8-19-15(11-14)18-7-3-13-5-9-22-10-6-13/h4-5,8,11-12H,3,6-7,9-10H2,1-2H3,(H,18,19). The predicted octanol–water partition coefficient (Wildman–Crippen LogP) is 3.40. The maximum atomic E-state index is 5.33. The summed E-state index contributed by atoms with van der Waals surface area (Å²) in [5.41, 5.74) is 2.32. The Bertz CT molecular complexity index is 679. The molecule has 0 fully saturated rings. The summed E-state index contributed by atoms with van der Waals surface area (Å²) in [6.45, 7) is 6.50. The molecule has 1 aliphatic rings. The van der Waals surface area contributed by atoms with Gasteiger partial charge in [0.05, 0.1) is 13.2 Å². The maximum Gasteiger partial charge on any atom is 0.258 e. The second-order valence-corrected chi connectivity index (χ2v) is 5.91. The van der Waals surface area contributed by atoms with Gasteiger partial charge in [0, 0.05) is 24.2 Å². The molecular weight excluding hydrogens is 292 g/mol. The molecule has 122 valence electrons. The SMILES string of the molecule is CC(C)c1noc(-c2ccnc(NCCC3=CCOCC3)c2)n1. The predicted molar refractivity (Wildman–Crippen MR) is 88.2 cm³/mol. The van der Waals surface area contributed by atoms with E-state index in [1.54, 1.807) is 6.20 Å². The first-order valence-electron chi connectivity index (χ1n) is 8.02. The Morgan fingerprint density at radius 3 is 3.00 bits per heavy atom. The number of hydrogen-bond acceptors (Lipinski definition) is 6. The van der Waals surface area contributed by atoms with Crippen LogP contribution in [0.3, 0.4) is 0 Å². The molecule has 3 heterocycles. The van der Waals surface area contributed by atoms with Crippen molar-refractivity contribution in [1.82, 2.24) is 15.1 Å². The van der Waals surface area contributed by atoms with Crippen LogP contribution in [0.5, 0.6) is 0 Å². The summed E-state index contributed by atoms with van der Waals surface area (Å²) >= 11 is 0. The minimum absolute atomic E-state index is 0.250. The number of pyridine rings is 1. The van der Waals surface area contributed by atoms with Gasteiger partial charge in [-0.15, -0.1) is 0 Å². The highest BCUT2D eigenvalue weighted by Gasteiger charge is 2.12. The van der Waals surface area contributed by atoms with E-state index in [1.165, 1.54) is 5.57 Å². The van der Waals surface area contributed by atoms with Gasteiger partial charge in [-0.05, 0) is 25.0 Å². The van der Waals surface area contributed by atoms with Crippen molar-refractivity contribution in [3.8, 4) is 11.5 Å². The Balaban J connectivity index is 1.61. The van der Waals surface area contributed by atoms with Crippen molar-refractivity contribution < 1.29 is 9.26 Å². The van der Waals surface area contributed by atoms with Gasteiger partial charge in [0.2, 0.25) is 0 Å². The van der Waals surface area contributed by atoms with Crippen molar-refractivity contribution >= 4 is 5.82 Å². The van der Waals surface area contributed by atoms with Gasteiger partial charge >= 0.3 is 0 Å². The van der Waals surface area contributed by atoms with Crippen LogP contribution in [0.15, 0.2) is 34.5 Å². The fourth-order valence-corrected chi connectivity index (χ4v) is 2.39. The lowest BCUT2D eigenvalue weighted by molar-refractivity contribution is 0.153. The maximum absolute atomic E-state index is 5.33. The zero-order valence-corrected chi connectivity index (χ0v) is 13.6. The van der Waals surface area contributed by atoms with Gasteiger partial charge in [-0.1, -0.05) is 30.7 Å². The molecule has 0 saturated carbocycles. The quantitative estimate of drug-likeness (QED) is 0.824. The minimum atomic E-state index is 0.250. The topological polar surface area (TPSA) is 73.1 Å². The van der Waals surface area contributed by atoms with E-state index in [0.29, 0.717) is 5.89 Å². The molecule has 0 spiro atoms. The van der Waals surface area contributed by atoms with Crippen LogP contribution >= 0.6 is 0 Å². The van der Waals surface area contributed by atoms with Gasteiger partial charge in [0.25, 0.3) is 5.89 Å². The number of aromatic nitrogens is 3. The number of nitrogens with one attached hydrogen (secondary N) is 1. The van der Waals surface area contributed by atoms with E-state index in [-0.39, 0.29) is 5.92 Å². The van der Waals surface area contributed by atoms with E-state index < -0.39 is 0 Å². The third-order valence-corrected chi connectivity index (χ3v) is 3.77. The van der Waals surface area contributed by atoms with Crippen LogP contribution in [0.25, 0.3) is 11.5 Å². The Hall–Kier alpha value is -2.21. The lowest BCUT2D eigenvalue weighted by Crippen LogP contribution is -2.09. The fraction of sp³-hybridized carbons (Fsp3) is 0.471. The number of rotatable bonds is 6. The number of hydrogen-bond donors (Lipinski definition) is 1. The molecule has 0 aromatic carbocycles. The highest BCUT2D eigenvalue weighted by Crippen LogP contribution is 2.21. The molecule has 0 bridgehead atoms. The van der Waals surface area contributed by atoms with E-state index in [0.717, 1.165) is 49.8 Å². The average molecular weight is 314 g/mol. The van der Waals surface area contributed by atoms with Crippen LogP contribution in [0, 0.1) is 0 Å². The third-order valence-electron chi connectivity index (χ3n) is 3.77. The number of anilines is 1. The van der Waals surface area contributed by atoms with Gasteiger partial charge in [0.15, 0.2) is 5.82 Å². The first kappa shape index (κ1) is 15.7. The van der Waals surface area contributed by atoms with Crippen molar-refractivity contribution in [2.24, 2.45) is 0 Å². The fourth-order valence-electron chi connectivity index (χ4n) is 2.39. The van der Waals surface area contributed by atoms with Crippen molar-refractivity contribution in [2.75, 3.05) is 25.1 Å². The Morgan fingerprint density at radius 1 is 1.35 bits per heavy atom. The highest BCUT2D eigenvalue weighted by atomic mass is 16.5. The molecule has 3 rings (SSSR count). The van der Waals surface area contributed by atoms with Gasteiger partial charge in [-0.2, -0.15) is 4.98 Å². The summed E-state index contributed by atoms with van der Waals surface area (Å²) < 4.78 is 10.6. The lowest BCUT2D eigenvalue weighted by Gasteiger charge is -2.13.